The minimum atomic E-state index is 0.0530. The average Bonchev–Trinajstić information content (AvgIpc) is 2.54. The molecule has 0 fully saturated rings. The number of halogens is 2. The van der Waals surface area contributed by atoms with Crippen LogP contribution in [0.4, 0.5) is 0 Å². The van der Waals surface area contributed by atoms with Crippen LogP contribution in [0.25, 0.3) is 11.1 Å². The molecule has 0 bridgehead atoms. The molecule has 122 valence electrons. The van der Waals surface area contributed by atoms with Gasteiger partial charge in [-0.1, -0.05) is 53.5 Å². The minimum absolute atomic E-state index is 0.0530. The van der Waals surface area contributed by atoms with E-state index in [2.05, 4.69) is 10.6 Å². The summed E-state index contributed by atoms with van der Waals surface area (Å²) < 4.78 is 0. The van der Waals surface area contributed by atoms with Crippen LogP contribution in [0.2, 0.25) is 10.0 Å². The zero-order chi connectivity index (χ0) is 16.7. The standard InChI is InChI=1S/C18H20Cl2N2O/c1-21-10-4-7-18(23)22-12-13-5-2-3-6-15(13)16-9-8-14(19)11-17(16)20/h2-3,5-6,8-9,11,21H,4,7,10,12H2,1H3,(H,22,23). The highest BCUT2D eigenvalue weighted by molar-refractivity contribution is 6.36. The largest absolute Gasteiger partial charge is 0.352 e. The number of hydrogen-bond donors (Lipinski definition) is 2. The van der Waals surface area contributed by atoms with E-state index >= 15 is 0 Å². The van der Waals surface area contributed by atoms with Crippen LogP contribution in [0.5, 0.6) is 0 Å². The van der Waals surface area contributed by atoms with Gasteiger partial charge in [0.2, 0.25) is 5.91 Å². The van der Waals surface area contributed by atoms with Gasteiger partial charge in [0.25, 0.3) is 0 Å². The zero-order valence-corrected chi connectivity index (χ0v) is 14.5. The molecule has 0 heterocycles. The van der Waals surface area contributed by atoms with Gasteiger partial charge in [0.05, 0.1) is 0 Å². The van der Waals surface area contributed by atoms with Gasteiger partial charge in [-0.3, -0.25) is 4.79 Å². The van der Waals surface area contributed by atoms with E-state index in [0.29, 0.717) is 23.0 Å². The monoisotopic (exact) mass is 350 g/mol. The number of rotatable bonds is 7. The van der Waals surface area contributed by atoms with Crippen LogP contribution in [0.3, 0.4) is 0 Å². The third-order valence-corrected chi connectivity index (χ3v) is 4.09. The maximum atomic E-state index is 11.9. The van der Waals surface area contributed by atoms with E-state index in [4.69, 9.17) is 23.2 Å². The molecule has 0 saturated carbocycles. The highest BCUT2D eigenvalue weighted by Crippen LogP contribution is 2.32. The lowest BCUT2D eigenvalue weighted by Crippen LogP contribution is -2.23. The van der Waals surface area contributed by atoms with Crippen molar-refractivity contribution in [2.24, 2.45) is 0 Å². The summed E-state index contributed by atoms with van der Waals surface area (Å²) in [5, 5.41) is 7.20. The predicted octanol–water partition coefficient (Wildman–Crippen LogP) is 4.28. The summed E-state index contributed by atoms with van der Waals surface area (Å²) in [6.45, 7) is 1.32. The second-order valence-electron chi connectivity index (χ2n) is 5.27. The first kappa shape index (κ1) is 17.8. The van der Waals surface area contributed by atoms with E-state index in [0.717, 1.165) is 29.7 Å². The average molecular weight is 351 g/mol. The summed E-state index contributed by atoms with van der Waals surface area (Å²) in [6.07, 6.45) is 1.34. The van der Waals surface area contributed by atoms with Gasteiger partial charge >= 0.3 is 0 Å². The number of carbonyl (C=O) groups is 1. The van der Waals surface area contributed by atoms with E-state index < -0.39 is 0 Å². The first-order valence-corrected chi connectivity index (χ1v) is 8.32. The molecule has 0 spiro atoms. The number of benzene rings is 2. The lowest BCUT2D eigenvalue weighted by molar-refractivity contribution is -0.121. The van der Waals surface area contributed by atoms with Crippen LogP contribution < -0.4 is 10.6 Å². The lowest BCUT2D eigenvalue weighted by atomic mass is 9.99. The molecule has 23 heavy (non-hydrogen) atoms. The highest BCUT2D eigenvalue weighted by Gasteiger charge is 2.10. The molecule has 0 aliphatic rings. The van der Waals surface area contributed by atoms with E-state index in [-0.39, 0.29) is 5.91 Å². The van der Waals surface area contributed by atoms with E-state index in [1.54, 1.807) is 6.07 Å². The fourth-order valence-electron chi connectivity index (χ4n) is 2.35. The Bertz CT molecular complexity index is 674. The van der Waals surface area contributed by atoms with Crippen molar-refractivity contribution in [1.29, 1.82) is 0 Å². The Morgan fingerprint density at radius 3 is 2.61 bits per heavy atom. The van der Waals surface area contributed by atoms with Gasteiger partial charge < -0.3 is 10.6 Å². The molecule has 2 aromatic carbocycles. The van der Waals surface area contributed by atoms with Gasteiger partial charge in [-0.05, 0) is 43.3 Å². The van der Waals surface area contributed by atoms with Gasteiger partial charge in [-0.2, -0.15) is 0 Å². The minimum Gasteiger partial charge on any atom is -0.352 e. The first-order chi connectivity index (χ1) is 11.1. The molecule has 0 aliphatic heterocycles. The summed E-state index contributed by atoms with van der Waals surface area (Å²) in [5.41, 5.74) is 2.94. The van der Waals surface area contributed by atoms with Crippen LogP contribution in [-0.4, -0.2) is 19.5 Å². The molecule has 0 radical (unpaired) electrons. The smallest absolute Gasteiger partial charge is 0.220 e. The van der Waals surface area contributed by atoms with Crippen LogP contribution in [0.15, 0.2) is 42.5 Å². The van der Waals surface area contributed by atoms with Crippen LogP contribution in [-0.2, 0) is 11.3 Å². The van der Waals surface area contributed by atoms with Crippen molar-refractivity contribution in [2.45, 2.75) is 19.4 Å². The van der Waals surface area contributed by atoms with Gasteiger partial charge in [0.15, 0.2) is 0 Å². The van der Waals surface area contributed by atoms with Gasteiger partial charge in [-0.15, -0.1) is 0 Å². The molecule has 5 heteroatoms. The summed E-state index contributed by atoms with van der Waals surface area (Å²) in [6, 6.07) is 13.3. The highest BCUT2D eigenvalue weighted by atomic mass is 35.5. The Balaban J connectivity index is 2.10. The fourth-order valence-corrected chi connectivity index (χ4v) is 2.86. The molecule has 2 aromatic rings. The molecule has 0 saturated heterocycles. The van der Waals surface area contributed by atoms with Crippen molar-refractivity contribution in [3.05, 3.63) is 58.1 Å². The van der Waals surface area contributed by atoms with Crippen molar-refractivity contribution >= 4 is 29.1 Å². The van der Waals surface area contributed by atoms with Gasteiger partial charge in [-0.25, -0.2) is 0 Å². The summed E-state index contributed by atoms with van der Waals surface area (Å²) >= 11 is 12.3. The second-order valence-corrected chi connectivity index (χ2v) is 6.11. The molecule has 0 aliphatic carbocycles. The Kier molecular flexibility index (Phi) is 6.90. The molecular formula is C18H20Cl2N2O. The van der Waals surface area contributed by atoms with Crippen molar-refractivity contribution in [1.82, 2.24) is 10.6 Å². The zero-order valence-electron chi connectivity index (χ0n) is 13.0. The maximum absolute atomic E-state index is 11.9. The van der Waals surface area contributed by atoms with Crippen molar-refractivity contribution < 1.29 is 4.79 Å². The number of carbonyl (C=O) groups excluding carboxylic acids is 1. The first-order valence-electron chi connectivity index (χ1n) is 7.56. The number of hydrogen-bond acceptors (Lipinski definition) is 2. The summed E-state index contributed by atoms with van der Waals surface area (Å²) in [7, 11) is 1.88. The molecule has 0 atom stereocenters. The third-order valence-electron chi connectivity index (χ3n) is 3.55. The molecule has 2 rings (SSSR count). The Labute approximate surface area is 147 Å². The van der Waals surface area contributed by atoms with Gasteiger partial charge in [0, 0.05) is 28.6 Å². The molecule has 1 amide bonds. The second kappa shape index (κ2) is 8.92. The Morgan fingerprint density at radius 1 is 1.09 bits per heavy atom. The Morgan fingerprint density at radius 2 is 1.87 bits per heavy atom. The SMILES string of the molecule is CNCCCC(=O)NCc1ccccc1-c1ccc(Cl)cc1Cl. The Hall–Kier alpha value is -1.55. The quantitative estimate of drug-likeness (QED) is 0.731. The number of amides is 1. The molecule has 3 nitrogen and oxygen atoms in total. The van der Waals surface area contributed by atoms with Crippen molar-refractivity contribution in [2.75, 3.05) is 13.6 Å². The van der Waals surface area contributed by atoms with Crippen molar-refractivity contribution in [3.8, 4) is 11.1 Å². The van der Waals surface area contributed by atoms with E-state index in [1.807, 2.05) is 43.4 Å². The fraction of sp³-hybridized carbons (Fsp3) is 0.278. The molecule has 2 N–H and O–H groups in total. The maximum Gasteiger partial charge on any atom is 0.220 e. The molecule has 0 aromatic heterocycles. The van der Waals surface area contributed by atoms with E-state index in [1.165, 1.54) is 0 Å². The van der Waals surface area contributed by atoms with Gasteiger partial charge in [0.1, 0.15) is 0 Å². The summed E-state index contributed by atoms with van der Waals surface area (Å²) in [4.78, 5) is 11.9. The molecule has 0 unspecified atom stereocenters. The topological polar surface area (TPSA) is 41.1 Å². The lowest BCUT2D eigenvalue weighted by Gasteiger charge is -2.12. The normalized spacial score (nSPS) is 10.6. The molecular weight excluding hydrogens is 331 g/mol. The number of nitrogens with one attached hydrogen (secondary N) is 2. The van der Waals surface area contributed by atoms with E-state index in [9.17, 15) is 4.79 Å². The predicted molar refractivity (Wildman–Crippen MR) is 96.9 cm³/mol. The third kappa shape index (κ3) is 5.24. The van der Waals surface area contributed by atoms with Crippen LogP contribution >= 0.6 is 23.2 Å². The van der Waals surface area contributed by atoms with Crippen LogP contribution in [0.1, 0.15) is 18.4 Å². The summed E-state index contributed by atoms with van der Waals surface area (Å²) in [5.74, 6) is 0.0530. The van der Waals surface area contributed by atoms with Crippen LogP contribution in [0, 0.1) is 0 Å². The van der Waals surface area contributed by atoms with Crippen molar-refractivity contribution in [3.63, 3.8) is 0 Å².